The number of carbonyl (C=O) groups excluding carboxylic acids is 1. The van der Waals surface area contributed by atoms with E-state index < -0.39 is 12.2 Å². The second-order valence-corrected chi connectivity index (χ2v) is 4.82. The number of amides is 1. The molecule has 2 aliphatic heterocycles. The predicted molar refractivity (Wildman–Crippen MR) is 62.9 cm³/mol. The average molecular weight is 249 g/mol. The van der Waals surface area contributed by atoms with Gasteiger partial charge in [0.25, 0.3) is 5.91 Å². The summed E-state index contributed by atoms with van der Waals surface area (Å²) in [5, 5.41) is 18.9. The van der Waals surface area contributed by atoms with Crippen molar-refractivity contribution in [1.82, 2.24) is 4.90 Å². The van der Waals surface area contributed by atoms with E-state index in [2.05, 4.69) is 0 Å². The smallest absolute Gasteiger partial charge is 0.254 e. The van der Waals surface area contributed by atoms with Crippen LogP contribution in [-0.2, 0) is 18.0 Å². The highest BCUT2D eigenvalue weighted by Gasteiger charge is 2.33. The summed E-state index contributed by atoms with van der Waals surface area (Å²) in [6, 6.07) is 5.51. The van der Waals surface area contributed by atoms with E-state index in [1.165, 1.54) is 4.90 Å². The molecule has 18 heavy (non-hydrogen) atoms. The van der Waals surface area contributed by atoms with E-state index in [-0.39, 0.29) is 19.0 Å². The number of hydrogen-bond acceptors (Lipinski definition) is 4. The highest BCUT2D eigenvalue weighted by molar-refractivity contribution is 5.94. The molecule has 0 aromatic heterocycles. The van der Waals surface area contributed by atoms with Gasteiger partial charge in [0, 0.05) is 18.7 Å². The molecule has 2 aliphatic rings. The Morgan fingerprint density at radius 1 is 1.17 bits per heavy atom. The van der Waals surface area contributed by atoms with Crippen LogP contribution in [0.15, 0.2) is 18.2 Å². The second kappa shape index (κ2) is 4.35. The number of nitrogens with zero attached hydrogens (tertiary/aromatic N) is 1. The Morgan fingerprint density at radius 2 is 1.83 bits per heavy atom. The topological polar surface area (TPSA) is 70.0 Å². The summed E-state index contributed by atoms with van der Waals surface area (Å²) >= 11 is 0. The standard InChI is InChI=1S/C13H15NO4/c15-11-4-14(5-12(11)16)13(17)8-1-2-9-6-18-7-10(9)3-8/h1-3,11-12,15-16H,4-7H2/t11-,12+. The molecule has 0 saturated carbocycles. The largest absolute Gasteiger partial charge is 0.388 e. The summed E-state index contributed by atoms with van der Waals surface area (Å²) in [4.78, 5) is 13.7. The minimum absolute atomic E-state index is 0.152. The Kier molecular flexibility index (Phi) is 2.81. The van der Waals surface area contributed by atoms with Gasteiger partial charge in [0.1, 0.15) is 0 Å². The third-order valence-corrected chi connectivity index (χ3v) is 3.51. The number of aliphatic hydroxyl groups excluding tert-OH is 2. The fourth-order valence-electron chi connectivity index (χ4n) is 2.42. The van der Waals surface area contributed by atoms with Crippen LogP contribution in [0.4, 0.5) is 0 Å². The first-order valence-corrected chi connectivity index (χ1v) is 6.00. The van der Waals surface area contributed by atoms with Gasteiger partial charge in [-0.15, -0.1) is 0 Å². The van der Waals surface area contributed by atoms with Crippen LogP contribution in [0.25, 0.3) is 0 Å². The van der Waals surface area contributed by atoms with Gasteiger partial charge in [0.2, 0.25) is 0 Å². The summed E-state index contributed by atoms with van der Waals surface area (Å²) in [6.45, 7) is 1.52. The minimum atomic E-state index is -0.841. The van der Waals surface area contributed by atoms with Gasteiger partial charge in [-0.05, 0) is 23.3 Å². The molecule has 1 aromatic rings. The quantitative estimate of drug-likeness (QED) is 0.729. The van der Waals surface area contributed by atoms with Crippen LogP contribution in [0.2, 0.25) is 0 Å². The number of β-amino-alcohol motifs (C(OH)–C–C–N with tert-alkyl or cyclic N) is 2. The summed E-state index contributed by atoms with van der Waals surface area (Å²) in [6.07, 6.45) is -1.68. The van der Waals surface area contributed by atoms with E-state index in [1.54, 1.807) is 6.07 Å². The first kappa shape index (κ1) is 11.6. The molecular formula is C13H15NO4. The molecule has 0 radical (unpaired) electrons. The Labute approximate surface area is 105 Å². The van der Waals surface area contributed by atoms with Crippen molar-refractivity contribution in [2.24, 2.45) is 0 Å². The maximum atomic E-state index is 12.2. The van der Waals surface area contributed by atoms with Gasteiger partial charge in [-0.1, -0.05) is 6.07 Å². The van der Waals surface area contributed by atoms with E-state index in [1.807, 2.05) is 12.1 Å². The fourth-order valence-corrected chi connectivity index (χ4v) is 2.42. The van der Waals surface area contributed by atoms with E-state index in [0.717, 1.165) is 11.1 Å². The van der Waals surface area contributed by atoms with Crippen LogP contribution in [0.1, 0.15) is 21.5 Å². The number of hydrogen-bond donors (Lipinski definition) is 2. The Morgan fingerprint density at radius 3 is 2.56 bits per heavy atom. The summed E-state index contributed by atoms with van der Waals surface area (Å²) in [7, 11) is 0. The number of likely N-dealkylation sites (tertiary alicyclic amines) is 1. The minimum Gasteiger partial charge on any atom is -0.388 e. The van der Waals surface area contributed by atoms with Crippen LogP contribution < -0.4 is 0 Å². The number of rotatable bonds is 1. The van der Waals surface area contributed by atoms with Crippen LogP contribution in [-0.4, -0.2) is 46.3 Å². The third-order valence-electron chi connectivity index (χ3n) is 3.51. The fraction of sp³-hybridized carbons (Fsp3) is 0.462. The van der Waals surface area contributed by atoms with Crippen LogP contribution in [0.3, 0.4) is 0 Å². The molecule has 0 aliphatic carbocycles. The molecule has 2 atom stereocenters. The van der Waals surface area contributed by atoms with E-state index in [9.17, 15) is 15.0 Å². The molecule has 5 nitrogen and oxygen atoms in total. The van der Waals surface area contributed by atoms with Gasteiger partial charge >= 0.3 is 0 Å². The first-order chi connectivity index (χ1) is 8.65. The molecule has 0 spiro atoms. The average Bonchev–Trinajstić information content (AvgIpc) is 2.95. The zero-order chi connectivity index (χ0) is 12.7. The molecule has 1 saturated heterocycles. The number of fused-ring (bicyclic) bond motifs is 1. The van der Waals surface area contributed by atoms with Gasteiger partial charge in [-0.25, -0.2) is 0 Å². The zero-order valence-corrected chi connectivity index (χ0v) is 9.87. The van der Waals surface area contributed by atoms with Gasteiger partial charge in [0.15, 0.2) is 0 Å². The van der Waals surface area contributed by atoms with Gasteiger partial charge in [-0.2, -0.15) is 0 Å². The molecule has 1 amide bonds. The van der Waals surface area contributed by atoms with Crippen molar-refractivity contribution in [2.75, 3.05) is 13.1 Å². The molecule has 0 bridgehead atoms. The number of aliphatic hydroxyl groups is 2. The summed E-state index contributed by atoms with van der Waals surface area (Å²) in [5.41, 5.74) is 2.75. The van der Waals surface area contributed by atoms with Crippen LogP contribution in [0.5, 0.6) is 0 Å². The monoisotopic (exact) mass is 249 g/mol. The molecule has 1 aromatic carbocycles. The second-order valence-electron chi connectivity index (χ2n) is 4.82. The lowest BCUT2D eigenvalue weighted by Crippen LogP contribution is -2.29. The number of ether oxygens (including phenoxy) is 1. The molecule has 5 heteroatoms. The van der Waals surface area contributed by atoms with Crippen molar-refractivity contribution < 1.29 is 19.7 Å². The van der Waals surface area contributed by atoms with E-state index >= 15 is 0 Å². The van der Waals surface area contributed by atoms with Crippen molar-refractivity contribution in [3.8, 4) is 0 Å². The van der Waals surface area contributed by atoms with Crippen molar-refractivity contribution in [1.29, 1.82) is 0 Å². The van der Waals surface area contributed by atoms with Crippen LogP contribution >= 0.6 is 0 Å². The highest BCUT2D eigenvalue weighted by Crippen LogP contribution is 2.22. The predicted octanol–water partition coefficient (Wildman–Crippen LogP) is -0.106. The Hall–Kier alpha value is -1.43. The highest BCUT2D eigenvalue weighted by atomic mass is 16.5. The molecule has 1 fully saturated rings. The molecule has 96 valence electrons. The van der Waals surface area contributed by atoms with Gasteiger partial charge in [0.05, 0.1) is 25.4 Å². The summed E-state index contributed by atoms with van der Waals surface area (Å²) < 4.78 is 5.30. The number of benzene rings is 1. The van der Waals surface area contributed by atoms with Crippen molar-refractivity contribution >= 4 is 5.91 Å². The molecule has 2 heterocycles. The maximum absolute atomic E-state index is 12.2. The molecular weight excluding hydrogens is 234 g/mol. The van der Waals surface area contributed by atoms with Crippen LogP contribution in [0, 0.1) is 0 Å². The number of carbonyl (C=O) groups is 1. The third kappa shape index (κ3) is 1.90. The van der Waals surface area contributed by atoms with E-state index in [0.29, 0.717) is 18.8 Å². The van der Waals surface area contributed by atoms with Crippen molar-refractivity contribution in [2.45, 2.75) is 25.4 Å². The zero-order valence-electron chi connectivity index (χ0n) is 9.87. The summed E-state index contributed by atoms with van der Waals surface area (Å²) in [5.74, 6) is -0.152. The van der Waals surface area contributed by atoms with Gasteiger partial charge in [-0.3, -0.25) is 4.79 Å². The molecule has 2 N–H and O–H groups in total. The van der Waals surface area contributed by atoms with E-state index in [4.69, 9.17) is 4.74 Å². The lowest BCUT2D eigenvalue weighted by atomic mass is 10.1. The molecule has 3 rings (SSSR count). The van der Waals surface area contributed by atoms with Crippen molar-refractivity contribution in [3.63, 3.8) is 0 Å². The SMILES string of the molecule is O=C(c1ccc2c(c1)COC2)N1C[C@@H](O)[C@@H](O)C1. The Bertz CT molecular complexity index is 478. The normalized spacial score (nSPS) is 26.4. The van der Waals surface area contributed by atoms with Crippen molar-refractivity contribution in [3.05, 3.63) is 34.9 Å². The lowest BCUT2D eigenvalue weighted by Gasteiger charge is -2.15. The first-order valence-electron chi connectivity index (χ1n) is 6.00. The maximum Gasteiger partial charge on any atom is 0.254 e. The molecule has 0 unspecified atom stereocenters. The Balaban J connectivity index is 1.81. The van der Waals surface area contributed by atoms with Gasteiger partial charge < -0.3 is 19.8 Å². The lowest BCUT2D eigenvalue weighted by molar-refractivity contribution is 0.0572.